The molecule has 0 unspecified atom stereocenters. The summed E-state index contributed by atoms with van der Waals surface area (Å²) in [5.41, 5.74) is 12.5. The molecule has 1 aromatic heterocycles. The standard InChI is InChI=1S/C36H38N4/c1-6-37-36-23-27(22-26-10-8-7-9-11-26)12-21-33(36)30-24-34(28-13-17-31(18-14-28)39(2)3)38-35(25-30)29-15-19-32(20-16-29)40(4)5/h7-21,23-25,37H,6,22H2,1-5H3. The van der Waals surface area contributed by atoms with Crippen LogP contribution in [0.3, 0.4) is 0 Å². The number of benzene rings is 4. The first-order chi connectivity index (χ1) is 19.4. The second kappa shape index (κ2) is 12.1. The Kier molecular flexibility index (Phi) is 8.16. The fourth-order valence-corrected chi connectivity index (χ4v) is 4.96. The normalized spacial score (nSPS) is 10.8. The lowest BCUT2D eigenvalue weighted by molar-refractivity contribution is 1.13. The number of anilines is 3. The van der Waals surface area contributed by atoms with Gasteiger partial charge in [0, 0.05) is 68.5 Å². The van der Waals surface area contributed by atoms with Gasteiger partial charge < -0.3 is 15.1 Å². The Balaban J connectivity index is 1.61. The van der Waals surface area contributed by atoms with Crippen molar-refractivity contribution in [2.24, 2.45) is 0 Å². The fraction of sp³-hybridized carbons (Fsp3) is 0.194. The van der Waals surface area contributed by atoms with Gasteiger partial charge in [-0.2, -0.15) is 0 Å². The summed E-state index contributed by atoms with van der Waals surface area (Å²) in [7, 11) is 8.25. The summed E-state index contributed by atoms with van der Waals surface area (Å²) in [6.07, 6.45) is 0.906. The Hall–Kier alpha value is -4.57. The average Bonchev–Trinajstić information content (AvgIpc) is 2.98. The molecule has 5 rings (SSSR count). The Morgan fingerprint density at radius 1 is 0.575 bits per heavy atom. The maximum atomic E-state index is 5.15. The first-order valence-electron chi connectivity index (χ1n) is 13.9. The van der Waals surface area contributed by atoms with Crippen LogP contribution in [-0.4, -0.2) is 39.7 Å². The highest BCUT2D eigenvalue weighted by Gasteiger charge is 2.13. The molecule has 202 valence electrons. The summed E-state index contributed by atoms with van der Waals surface area (Å²) in [6, 6.07) is 39.1. The van der Waals surface area contributed by atoms with E-state index in [4.69, 9.17) is 4.98 Å². The highest BCUT2D eigenvalue weighted by atomic mass is 15.1. The van der Waals surface area contributed by atoms with Gasteiger partial charge in [0.25, 0.3) is 0 Å². The summed E-state index contributed by atoms with van der Waals surface area (Å²) in [4.78, 5) is 9.38. The molecular weight excluding hydrogens is 488 g/mol. The highest BCUT2D eigenvalue weighted by Crippen LogP contribution is 2.35. The maximum absolute atomic E-state index is 5.15. The average molecular weight is 527 g/mol. The van der Waals surface area contributed by atoms with Crippen molar-refractivity contribution in [1.29, 1.82) is 0 Å². The van der Waals surface area contributed by atoms with Crippen molar-refractivity contribution in [1.82, 2.24) is 4.98 Å². The zero-order valence-corrected chi connectivity index (χ0v) is 24.1. The van der Waals surface area contributed by atoms with E-state index in [0.717, 1.165) is 46.7 Å². The van der Waals surface area contributed by atoms with E-state index < -0.39 is 0 Å². The predicted molar refractivity (Wildman–Crippen MR) is 173 cm³/mol. The van der Waals surface area contributed by atoms with E-state index in [1.54, 1.807) is 0 Å². The lowest BCUT2D eigenvalue weighted by Crippen LogP contribution is -2.08. The molecule has 0 atom stereocenters. The van der Waals surface area contributed by atoms with Crippen molar-refractivity contribution < 1.29 is 0 Å². The van der Waals surface area contributed by atoms with Crippen molar-refractivity contribution >= 4 is 17.1 Å². The van der Waals surface area contributed by atoms with E-state index in [9.17, 15) is 0 Å². The van der Waals surface area contributed by atoms with Crippen LogP contribution in [0, 0.1) is 0 Å². The fourth-order valence-electron chi connectivity index (χ4n) is 4.96. The molecule has 1 N–H and O–H groups in total. The summed E-state index contributed by atoms with van der Waals surface area (Å²) >= 11 is 0. The molecule has 0 radical (unpaired) electrons. The molecule has 0 amide bonds. The number of nitrogens with one attached hydrogen (secondary N) is 1. The van der Waals surface area contributed by atoms with Gasteiger partial charge in [-0.3, -0.25) is 0 Å². The van der Waals surface area contributed by atoms with Crippen molar-refractivity contribution in [2.45, 2.75) is 13.3 Å². The van der Waals surface area contributed by atoms with Crippen LogP contribution in [0.25, 0.3) is 33.6 Å². The molecule has 0 saturated heterocycles. The largest absolute Gasteiger partial charge is 0.385 e. The molecule has 0 aliphatic heterocycles. The minimum absolute atomic E-state index is 0.852. The maximum Gasteiger partial charge on any atom is 0.0715 e. The van der Waals surface area contributed by atoms with E-state index in [1.807, 2.05) is 0 Å². The van der Waals surface area contributed by atoms with Crippen LogP contribution in [0.1, 0.15) is 18.1 Å². The van der Waals surface area contributed by atoms with Gasteiger partial charge in [-0.25, -0.2) is 4.98 Å². The SMILES string of the molecule is CCNc1cc(Cc2ccccc2)ccc1-c1cc(-c2ccc(N(C)C)cc2)nc(-c2ccc(N(C)C)cc2)c1. The number of rotatable bonds is 9. The number of aromatic nitrogens is 1. The van der Waals surface area contributed by atoms with E-state index in [-0.39, 0.29) is 0 Å². The molecule has 4 heteroatoms. The molecule has 40 heavy (non-hydrogen) atoms. The first-order valence-corrected chi connectivity index (χ1v) is 13.9. The Morgan fingerprint density at radius 3 is 1.62 bits per heavy atom. The van der Waals surface area contributed by atoms with Crippen LogP contribution in [0.5, 0.6) is 0 Å². The van der Waals surface area contributed by atoms with Gasteiger partial charge in [-0.05, 0) is 72.5 Å². The number of hydrogen-bond acceptors (Lipinski definition) is 4. The summed E-state index contributed by atoms with van der Waals surface area (Å²) < 4.78 is 0. The lowest BCUT2D eigenvalue weighted by Gasteiger charge is -2.17. The number of hydrogen-bond donors (Lipinski definition) is 1. The molecule has 0 aliphatic carbocycles. The van der Waals surface area contributed by atoms with Gasteiger partial charge >= 0.3 is 0 Å². The highest BCUT2D eigenvalue weighted by molar-refractivity contribution is 5.84. The van der Waals surface area contributed by atoms with Crippen molar-refractivity contribution in [3.63, 3.8) is 0 Å². The number of pyridine rings is 1. The molecular formula is C36H38N4. The lowest BCUT2D eigenvalue weighted by atomic mass is 9.96. The van der Waals surface area contributed by atoms with E-state index in [2.05, 4.69) is 159 Å². The van der Waals surface area contributed by atoms with Crippen LogP contribution in [0.4, 0.5) is 17.1 Å². The Morgan fingerprint density at radius 2 is 1.12 bits per heavy atom. The van der Waals surface area contributed by atoms with Crippen LogP contribution < -0.4 is 15.1 Å². The zero-order chi connectivity index (χ0) is 28.1. The van der Waals surface area contributed by atoms with E-state index in [0.29, 0.717) is 0 Å². The third-order valence-electron chi connectivity index (χ3n) is 7.20. The first kappa shape index (κ1) is 27.0. The summed E-state index contributed by atoms with van der Waals surface area (Å²) in [6.45, 7) is 3.00. The predicted octanol–water partition coefficient (Wildman–Crippen LogP) is 8.24. The minimum atomic E-state index is 0.852. The second-order valence-electron chi connectivity index (χ2n) is 10.6. The number of nitrogens with zero attached hydrogens (tertiary/aromatic N) is 3. The molecule has 0 bridgehead atoms. The van der Waals surface area contributed by atoms with Gasteiger partial charge in [0.15, 0.2) is 0 Å². The van der Waals surface area contributed by atoms with Crippen LogP contribution >= 0.6 is 0 Å². The van der Waals surface area contributed by atoms with Gasteiger partial charge in [0.2, 0.25) is 0 Å². The van der Waals surface area contributed by atoms with Crippen LogP contribution in [0.15, 0.2) is 109 Å². The quantitative estimate of drug-likeness (QED) is 0.210. The zero-order valence-electron chi connectivity index (χ0n) is 24.1. The monoisotopic (exact) mass is 526 g/mol. The topological polar surface area (TPSA) is 31.4 Å². The summed E-state index contributed by atoms with van der Waals surface area (Å²) in [5.74, 6) is 0. The molecule has 0 aliphatic rings. The van der Waals surface area contributed by atoms with Gasteiger partial charge in [0.05, 0.1) is 11.4 Å². The third kappa shape index (κ3) is 6.18. The minimum Gasteiger partial charge on any atom is -0.385 e. The molecule has 5 aromatic rings. The molecule has 0 spiro atoms. The van der Waals surface area contributed by atoms with Crippen molar-refractivity contribution in [2.75, 3.05) is 49.9 Å². The molecule has 0 fully saturated rings. The Bertz CT molecular complexity index is 1480. The van der Waals surface area contributed by atoms with Gasteiger partial charge in [0.1, 0.15) is 0 Å². The molecule has 0 saturated carbocycles. The summed E-state index contributed by atoms with van der Waals surface area (Å²) in [5, 5.41) is 3.63. The van der Waals surface area contributed by atoms with Crippen LogP contribution in [-0.2, 0) is 6.42 Å². The van der Waals surface area contributed by atoms with E-state index in [1.165, 1.54) is 28.1 Å². The van der Waals surface area contributed by atoms with Gasteiger partial charge in [-0.1, -0.05) is 66.7 Å². The van der Waals surface area contributed by atoms with Gasteiger partial charge in [-0.15, -0.1) is 0 Å². The molecule has 1 heterocycles. The Labute approximate surface area is 239 Å². The van der Waals surface area contributed by atoms with Crippen molar-refractivity contribution in [3.05, 3.63) is 120 Å². The third-order valence-corrected chi connectivity index (χ3v) is 7.20. The second-order valence-corrected chi connectivity index (χ2v) is 10.6. The molecule has 4 nitrogen and oxygen atoms in total. The van der Waals surface area contributed by atoms with E-state index >= 15 is 0 Å². The van der Waals surface area contributed by atoms with Crippen molar-refractivity contribution in [3.8, 4) is 33.6 Å². The van der Waals surface area contributed by atoms with Crippen LogP contribution in [0.2, 0.25) is 0 Å². The smallest absolute Gasteiger partial charge is 0.0715 e. The molecule has 4 aromatic carbocycles.